The Kier molecular flexibility index (Phi) is 2.76. The Labute approximate surface area is 111 Å². The van der Waals surface area contributed by atoms with Crippen LogP contribution in [-0.4, -0.2) is 5.78 Å². The Morgan fingerprint density at radius 3 is 2.21 bits per heavy atom. The molecule has 0 bridgehead atoms. The van der Waals surface area contributed by atoms with Gasteiger partial charge in [0.25, 0.3) is 0 Å². The van der Waals surface area contributed by atoms with Gasteiger partial charge in [-0.3, -0.25) is 4.79 Å². The number of nitrogen functional groups attached to an aromatic ring is 1. The van der Waals surface area contributed by atoms with Crippen LogP contribution in [0.25, 0.3) is 10.8 Å². The second kappa shape index (κ2) is 4.58. The monoisotopic (exact) mass is 247 g/mol. The van der Waals surface area contributed by atoms with Crippen molar-refractivity contribution in [3.8, 4) is 0 Å². The number of fused-ring (bicyclic) bond motifs is 1. The zero-order chi connectivity index (χ0) is 13.2. The molecule has 0 fully saturated rings. The average molecular weight is 247 g/mol. The molecule has 92 valence electrons. The third-order valence-corrected chi connectivity index (χ3v) is 3.16. The van der Waals surface area contributed by atoms with E-state index in [-0.39, 0.29) is 5.78 Å². The Morgan fingerprint density at radius 1 is 0.737 bits per heavy atom. The summed E-state index contributed by atoms with van der Waals surface area (Å²) < 4.78 is 0. The molecular weight excluding hydrogens is 234 g/mol. The van der Waals surface area contributed by atoms with Crippen LogP contribution in [0.4, 0.5) is 5.69 Å². The molecule has 0 heterocycles. The number of benzene rings is 3. The lowest BCUT2D eigenvalue weighted by molar-refractivity contribution is 0.103. The van der Waals surface area contributed by atoms with Crippen molar-refractivity contribution in [2.24, 2.45) is 0 Å². The summed E-state index contributed by atoms with van der Waals surface area (Å²) in [6.45, 7) is 0. The maximum Gasteiger partial charge on any atom is 0.193 e. The van der Waals surface area contributed by atoms with Gasteiger partial charge in [-0.25, -0.2) is 0 Å². The number of ketones is 1. The minimum Gasteiger partial charge on any atom is -0.399 e. The van der Waals surface area contributed by atoms with Crippen LogP contribution in [-0.2, 0) is 0 Å². The van der Waals surface area contributed by atoms with Gasteiger partial charge in [0.05, 0.1) is 0 Å². The van der Waals surface area contributed by atoms with E-state index in [2.05, 4.69) is 0 Å². The SMILES string of the molecule is Nc1ccc2cc(C(=O)c3ccccc3)ccc2c1. The maximum atomic E-state index is 12.3. The molecule has 0 aliphatic carbocycles. The first-order valence-corrected chi connectivity index (χ1v) is 6.13. The quantitative estimate of drug-likeness (QED) is 0.555. The number of nitrogens with two attached hydrogens (primary N) is 1. The summed E-state index contributed by atoms with van der Waals surface area (Å²) in [5.74, 6) is 0.0410. The molecule has 0 radical (unpaired) electrons. The van der Waals surface area contributed by atoms with Crippen LogP contribution in [0.1, 0.15) is 15.9 Å². The molecule has 3 rings (SSSR count). The van der Waals surface area contributed by atoms with Crippen LogP contribution in [0.3, 0.4) is 0 Å². The maximum absolute atomic E-state index is 12.3. The third-order valence-electron chi connectivity index (χ3n) is 3.16. The van der Waals surface area contributed by atoms with Gasteiger partial charge < -0.3 is 5.73 Å². The van der Waals surface area contributed by atoms with Crippen LogP contribution in [0, 0.1) is 0 Å². The van der Waals surface area contributed by atoms with Crippen molar-refractivity contribution >= 4 is 22.2 Å². The number of anilines is 1. The van der Waals surface area contributed by atoms with E-state index in [9.17, 15) is 4.79 Å². The zero-order valence-electron chi connectivity index (χ0n) is 10.3. The average Bonchev–Trinajstić information content (AvgIpc) is 2.47. The summed E-state index contributed by atoms with van der Waals surface area (Å²) in [6.07, 6.45) is 0. The molecule has 0 saturated carbocycles. The molecule has 2 nitrogen and oxygen atoms in total. The highest BCUT2D eigenvalue weighted by Crippen LogP contribution is 2.20. The largest absolute Gasteiger partial charge is 0.399 e. The first-order valence-electron chi connectivity index (χ1n) is 6.13. The molecule has 0 atom stereocenters. The topological polar surface area (TPSA) is 43.1 Å². The number of carbonyl (C=O) groups is 1. The molecule has 0 aromatic heterocycles. The highest BCUT2D eigenvalue weighted by molar-refractivity contribution is 6.10. The Balaban J connectivity index is 2.07. The normalized spacial score (nSPS) is 10.5. The van der Waals surface area contributed by atoms with E-state index in [4.69, 9.17) is 5.73 Å². The van der Waals surface area contributed by atoms with E-state index >= 15 is 0 Å². The third kappa shape index (κ3) is 2.20. The van der Waals surface area contributed by atoms with E-state index in [1.807, 2.05) is 66.7 Å². The second-order valence-corrected chi connectivity index (χ2v) is 4.52. The van der Waals surface area contributed by atoms with Crippen molar-refractivity contribution in [2.75, 3.05) is 5.73 Å². The predicted molar refractivity (Wildman–Crippen MR) is 78.2 cm³/mol. The zero-order valence-corrected chi connectivity index (χ0v) is 10.3. The highest BCUT2D eigenvalue weighted by Gasteiger charge is 2.08. The van der Waals surface area contributed by atoms with E-state index in [0.29, 0.717) is 11.1 Å². The lowest BCUT2D eigenvalue weighted by atomic mass is 10.00. The smallest absolute Gasteiger partial charge is 0.193 e. The molecule has 3 aromatic carbocycles. The first kappa shape index (κ1) is 11.5. The molecule has 0 aliphatic heterocycles. The summed E-state index contributed by atoms with van der Waals surface area (Å²) in [6, 6.07) is 20.7. The lowest BCUT2D eigenvalue weighted by Crippen LogP contribution is -2.00. The van der Waals surface area contributed by atoms with Crippen LogP contribution < -0.4 is 5.73 Å². The molecule has 0 amide bonds. The molecule has 0 spiro atoms. The van der Waals surface area contributed by atoms with Crippen molar-refractivity contribution in [1.82, 2.24) is 0 Å². The molecule has 3 aromatic rings. The minimum atomic E-state index is 0.0410. The summed E-state index contributed by atoms with van der Waals surface area (Å²) in [5.41, 5.74) is 7.88. The van der Waals surface area contributed by atoms with Crippen molar-refractivity contribution in [2.45, 2.75) is 0 Å². The van der Waals surface area contributed by atoms with Crippen molar-refractivity contribution in [1.29, 1.82) is 0 Å². The molecular formula is C17H13NO. The molecule has 0 unspecified atom stereocenters. The van der Waals surface area contributed by atoms with Gasteiger partial charge in [0.15, 0.2) is 5.78 Å². The van der Waals surface area contributed by atoms with Gasteiger partial charge in [0, 0.05) is 16.8 Å². The van der Waals surface area contributed by atoms with Crippen LogP contribution in [0.5, 0.6) is 0 Å². The molecule has 0 aliphatic rings. The van der Waals surface area contributed by atoms with Crippen molar-refractivity contribution in [3.05, 3.63) is 77.9 Å². The highest BCUT2D eigenvalue weighted by atomic mass is 16.1. The number of hydrogen-bond donors (Lipinski definition) is 1. The molecule has 19 heavy (non-hydrogen) atoms. The molecule has 2 heteroatoms. The Hall–Kier alpha value is -2.61. The Morgan fingerprint density at radius 2 is 1.42 bits per heavy atom. The number of rotatable bonds is 2. The van der Waals surface area contributed by atoms with Gasteiger partial charge in [-0.15, -0.1) is 0 Å². The molecule has 0 saturated heterocycles. The van der Waals surface area contributed by atoms with E-state index < -0.39 is 0 Å². The van der Waals surface area contributed by atoms with Crippen LogP contribution >= 0.6 is 0 Å². The van der Waals surface area contributed by atoms with Crippen LogP contribution in [0.2, 0.25) is 0 Å². The van der Waals surface area contributed by atoms with Gasteiger partial charge in [0.1, 0.15) is 0 Å². The Bertz CT molecular complexity index is 748. The van der Waals surface area contributed by atoms with Gasteiger partial charge in [-0.2, -0.15) is 0 Å². The van der Waals surface area contributed by atoms with E-state index in [1.54, 1.807) is 0 Å². The summed E-state index contributed by atoms with van der Waals surface area (Å²) in [7, 11) is 0. The first-order chi connectivity index (χ1) is 9.24. The number of hydrogen-bond acceptors (Lipinski definition) is 2. The minimum absolute atomic E-state index is 0.0410. The fourth-order valence-corrected chi connectivity index (χ4v) is 2.16. The van der Waals surface area contributed by atoms with Crippen molar-refractivity contribution in [3.63, 3.8) is 0 Å². The van der Waals surface area contributed by atoms with E-state index in [1.165, 1.54) is 0 Å². The van der Waals surface area contributed by atoms with Crippen LogP contribution in [0.15, 0.2) is 66.7 Å². The summed E-state index contributed by atoms with van der Waals surface area (Å²) >= 11 is 0. The second-order valence-electron chi connectivity index (χ2n) is 4.52. The fourth-order valence-electron chi connectivity index (χ4n) is 2.16. The summed E-state index contributed by atoms with van der Waals surface area (Å²) in [5, 5.41) is 2.07. The lowest BCUT2D eigenvalue weighted by Gasteiger charge is -2.04. The van der Waals surface area contributed by atoms with Gasteiger partial charge in [-0.1, -0.05) is 48.5 Å². The predicted octanol–water partition coefficient (Wildman–Crippen LogP) is 3.65. The molecule has 2 N–H and O–H groups in total. The van der Waals surface area contributed by atoms with Crippen molar-refractivity contribution < 1.29 is 4.79 Å². The summed E-state index contributed by atoms with van der Waals surface area (Å²) in [4.78, 5) is 12.3. The van der Waals surface area contributed by atoms with E-state index in [0.717, 1.165) is 16.5 Å². The van der Waals surface area contributed by atoms with Gasteiger partial charge in [0.2, 0.25) is 0 Å². The standard InChI is InChI=1S/C17H13NO/c18-16-9-8-13-10-15(7-6-14(13)11-16)17(19)12-4-2-1-3-5-12/h1-11H,18H2. The van der Waals surface area contributed by atoms with Gasteiger partial charge >= 0.3 is 0 Å². The van der Waals surface area contributed by atoms with Gasteiger partial charge in [-0.05, 0) is 29.0 Å². The number of carbonyl (C=O) groups excluding carboxylic acids is 1. The fraction of sp³-hybridized carbons (Fsp3) is 0.